The SMILES string of the molecule is CN=C1C=C[C@@]2(C)C(=C1)CC[C@H]1[C@@H]3C[C@H](C)[C@](O)(C(=O)CCl)[C@@]3(C)C[C@H](O)[C@@]12F. The van der Waals surface area contributed by atoms with E-state index in [4.69, 9.17) is 11.6 Å². The molecule has 0 aromatic rings. The fourth-order valence-corrected chi connectivity index (χ4v) is 7.60. The predicted molar refractivity (Wildman–Crippen MR) is 112 cm³/mol. The summed E-state index contributed by atoms with van der Waals surface area (Å²) in [6.45, 7) is 5.57. The number of Topliss-reactive ketones (excluding diaryl/α,β-unsaturated/α-hetero) is 1. The van der Waals surface area contributed by atoms with Crippen molar-refractivity contribution in [3.05, 3.63) is 23.8 Å². The predicted octanol–water partition coefficient (Wildman–Crippen LogP) is 3.64. The van der Waals surface area contributed by atoms with E-state index < -0.39 is 39.9 Å². The van der Waals surface area contributed by atoms with Crippen molar-refractivity contribution >= 4 is 23.1 Å². The standard InChI is InChI=1S/C23H31ClFNO3/c1-13-9-17-16-6-5-14-10-15(26-4)7-8-20(14,2)22(16,25)18(27)11-21(17,3)23(13,29)19(28)12-24/h7-8,10,13,16-18,27,29H,5-6,9,11-12H2,1-4H3/t13-,16-,17-,18-,20-,21-,22-,23-/m0/s1. The third-order valence-electron chi connectivity index (χ3n) is 9.04. The summed E-state index contributed by atoms with van der Waals surface area (Å²) in [5.74, 6) is -1.67. The maximum atomic E-state index is 17.1. The van der Waals surface area contributed by atoms with Crippen LogP contribution >= 0.6 is 11.6 Å². The highest BCUT2D eigenvalue weighted by molar-refractivity contribution is 6.29. The average Bonchev–Trinajstić information content (AvgIpc) is 2.89. The maximum Gasteiger partial charge on any atom is 0.179 e. The number of ketones is 1. The third kappa shape index (κ3) is 2.33. The molecule has 3 fully saturated rings. The van der Waals surface area contributed by atoms with Crippen LogP contribution in [0, 0.1) is 28.6 Å². The van der Waals surface area contributed by atoms with Crippen LogP contribution < -0.4 is 0 Å². The largest absolute Gasteiger partial charge is 0.390 e. The number of carbonyl (C=O) groups excluding carboxylic acids is 1. The van der Waals surface area contributed by atoms with Crippen LogP contribution in [0.2, 0.25) is 0 Å². The molecule has 8 atom stereocenters. The molecule has 0 aromatic carbocycles. The zero-order chi connectivity index (χ0) is 21.4. The van der Waals surface area contributed by atoms with E-state index in [1.165, 1.54) is 0 Å². The summed E-state index contributed by atoms with van der Waals surface area (Å²) in [4.78, 5) is 16.9. The van der Waals surface area contributed by atoms with E-state index in [2.05, 4.69) is 4.99 Å². The van der Waals surface area contributed by atoms with Gasteiger partial charge in [0.15, 0.2) is 11.5 Å². The minimum atomic E-state index is -1.86. The maximum absolute atomic E-state index is 17.1. The molecule has 160 valence electrons. The van der Waals surface area contributed by atoms with Gasteiger partial charge in [-0.05, 0) is 56.6 Å². The fraction of sp³-hybridized carbons (Fsp3) is 0.739. The van der Waals surface area contributed by atoms with E-state index in [0.29, 0.717) is 19.3 Å². The molecule has 2 N–H and O–H groups in total. The Balaban J connectivity index is 1.83. The second-order valence-corrected chi connectivity index (χ2v) is 10.2. The van der Waals surface area contributed by atoms with Gasteiger partial charge in [-0.3, -0.25) is 9.79 Å². The van der Waals surface area contributed by atoms with Crippen molar-refractivity contribution in [1.29, 1.82) is 0 Å². The zero-order valence-corrected chi connectivity index (χ0v) is 18.3. The first-order chi connectivity index (χ1) is 13.5. The lowest BCUT2D eigenvalue weighted by atomic mass is 9.44. The number of carbonyl (C=O) groups is 1. The zero-order valence-electron chi connectivity index (χ0n) is 17.6. The Bertz CT molecular complexity index is 840. The van der Waals surface area contributed by atoms with Gasteiger partial charge in [-0.2, -0.15) is 0 Å². The molecule has 4 aliphatic carbocycles. The Hall–Kier alpha value is -1.04. The van der Waals surface area contributed by atoms with Crippen LogP contribution in [0.3, 0.4) is 0 Å². The van der Waals surface area contributed by atoms with Crippen molar-refractivity contribution < 1.29 is 19.4 Å². The molecule has 0 spiro atoms. The number of halogens is 2. The van der Waals surface area contributed by atoms with Crippen molar-refractivity contribution in [2.45, 2.75) is 63.8 Å². The number of hydrogen-bond acceptors (Lipinski definition) is 4. The van der Waals surface area contributed by atoms with Crippen molar-refractivity contribution in [3.8, 4) is 0 Å². The van der Waals surface area contributed by atoms with E-state index in [0.717, 1.165) is 11.3 Å². The summed E-state index contributed by atoms with van der Waals surface area (Å²) in [5, 5.41) is 22.8. The molecule has 4 rings (SSSR count). The van der Waals surface area contributed by atoms with E-state index in [-0.39, 0.29) is 24.1 Å². The van der Waals surface area contributed by atoms with Gasteiger partial charge in [0.1, 0.15) is 5.60 Å². The Morgan fingerprint density at radius 2 is 2.07 bits per heavy atom. The van der Waals surface area contributed by atoms with Crippen molar-refractivity contribution in [2.75, 3.05) is 12.9 Å². The molecule has 4 aliphatic rings. The van der Waals surface area contributed by atoms with Gasteiger partial charge >= 0.3 is 0 Å². The number of aliphatic imine (C=N–C) groups is 1. The minimum Gasteiger partial charge on any atom is -0.390 e. The van der Waals surface area contributed by atoms with Crippen LogP contribution in [0.25, 0.3) is 0 Å². The molecule has 3 saturated carbocycles. The second kappa shape index (κ2) is 6.48. The van der Waals surface area contributed by atoms with Crippen molar-refractivity contribution in [1.82, 2.24) is 0 Å². The van der Waals surface area contributed by atoms with Crippen LogP contribution in [-0.4, -0.2) is 52.0 Å². The molecule has 0 bridgehead atoms. The molecule has 6 heteroatoms. The van der Waals surface area contributed by atoms with E-state index >= 15 is 4.39 Å². The molecular formula is C23H31ClFNO3. The van der Waals surface area contributed by atoms with Crippen LogP contribution in [0.1, 0.15) is 46.5 Å². The van der Waals surface area contributed by atoms with E-state index in [9.17, 15) is 15.0 Å². The highest BCUT2D eigenvalue weighted by atomic mass is 35.5. The van der Waals surface area contributed by atoms with Crippen LogP contribution in [0.4, 0.5) is 4.39 Å². The Labute approximate surface area is 176 Å². The van der Waals surface area contributed by atoms with Gasteiger partial charge < -0.3 is 10.2 Å². The first-order valence-electron chi connectivity index (χ1n) is 10.6. The lowest BCUT2D eigenvalue weighted by Crippen LogP contribution is -2.69. The Kier molecular flexibility index (Phi) is 4.74. The first-order valence-corrected chi connectivity index (χ1v) is 11.1. The molecule has 29 heavy (non-hydrogen) atoms. The number of fused-ring (bicyclic) bond motifs is 5. The molecule has 0 saturated heterocycles. The number of hydrogen-bond donors (Lipinski definition) is 2. The summed E-state index contributed by atoms with van der Waals surface area (Å²) in [6.07, 6.45) is 6.24. The first kappa shape index (κ1) is 21.2. The average molecular weight is 424 g/mol. The summed E-state index contributed by atoms with van der Waals surface area (Å²) in [5.41, 5.74) is -3.55. The van der Waals surface area contributed by atoms with Gasteiger partial charge in [-0.25, -0.2) is 4.39 Å². The lowest BCUT2D eigenvalue weighted by molar-refractivity contribution is -0.218. The van der Waals surface area contributed by atoms with Crippen molar-refractivity contribution in [2.24, 2.45) is 33.6 Å². The number of aliphatic hydroxyl groups excluding tert-OH is 1. The fourth-order valence-electron chi connectivity index (χ4n) is 7.39. The van der Waals surface area contributed by atoms with Gasteiger partial charge in [-0.15, -0.1) is 11.6 Å². The number of aliphatic hydroxyl groups is 2. The van der Waals surface area contributed by atoms with E-state index in [1.54, 1.807) is 7.05 Å². The monoisotopic (exact) mass is 423 g/mol. The van der Waals surface area contributed by atoms with Gasteiger partial charge in [0.2, 0.25) is 0 Å². The van der Waals surface area contributed by atoms with Crippen LogP contribution in [-0.2, 0) is 4.79 Å². The Morgan fingerprint density at radius 1 is 1.38 bits per heavy atom. The minimum absolute atomic E-state index is 0.0412. The molecule has 4 nitrogen and oxygen atoms in total. The highest BCUT2D eigenvalue weighted by Crippen LogP contribution is 2.70. The van der Waals surface area contributed by atoms with Gasteiger partial charge in [-0.1, -0.05) is 25.5 Å². The van der Waals surface area contributed by atoms with Crippen molar-refractivity contribution in [3.63, 3.8) is 0 Å². The smallest absolute Gasteiger partial charge is 0.179 e. The molecule has 0 radical (unpaired) electrons. The molecule has 0 aromatic heterocycles. The molecular weight excluding hydrogens is 393 g/mol. The topological polar surface area (TPSA) is 69.9 Å². The van der Waals surface area contributed by atoms with Gasteiger partial charge in [0.05, 0.1) is 17.7 Å². The number of rotatable bonds is 2. The quantitative estimate of drug-likeness (QED) is 0.666. The van der Waals surface area contributed by atoms with Gasteiger partial charge in [0, 0.05) is 23.8 Å². The highest BCUT2D eigenvalue weighted by Gasteiger charge is 2.75. The number of nitrogens with zero attached hydrogens (tertiary/aromatic N) is 1. The number of alkyl halides is 2. The second-order valence-electron chi connectivity index (χ2n) is 9.97. The van der Waals surface area contributed by atoms with Gasteiger partial charge in [0.25, 0.3) is 0 Å². The van der Waals surface area contributed by atoms with Crippen LogP contribution in [0.15, 0.2) is 28.8 Å². The molecule has 0 amide bonds. The summed E-state index contributed by atoms with van der Waals surface area (Å²) < 4.78 is 17.1. The Morgan fingerprint density at radius 3 is 2.69 bits per heavy atom. The van der Waals surface area contributed by atoms with E-state index in [1.807, 2.05) is 39.0 Å². The summed E-state index contributed by atoms with van der Waals surface area (Å²) in [6, 6.07) is 0. The molecule has 0 unspecified atom stereocenters. The molecule has 0 aliphatic heterocycles. The third-order valence-corrected chi connectivity index (χ3v) is 9.28. The molecule has 0 heterocycles. The normalized spacial score (nSPS) is 52.6. The number of allylic oxidation sites excluding steroid dienone is 4. The summed E-state index contributed by atoms with van der Waals surface area (Å²) >= 11 is 5.85. The summed E-state index contributed by atoms with van der Waals surface area (Å²) in [7, 11) is 1.71. The van der Waals surface area contributed by atoms with Crippen LogP contribution in [0.5, 0.6) is 0 Å². The lowest BCUT2D eigenvalue weighted by Gasteiger charge is -2.62.